The number of benzene rings is 1. The van der Waals surface area contributed by atoms with Gasteiger partial charge in [0.1, 0.15) is 0 Å². The molecule has 1 heterocycles. The van der Waals surface area contributed by atoms with Crippen molar-refractivity contribution < 1.29 is 0 Å². The summed E-state index contributed by atoms with van der Waals surface area (Å²) in [5.74, 6) is 0. The average Bonchev–Trinajstić information content (AvgIpc) is 2.80. The molecule has 0 radical (unpaired) electrons. The van der Waals surface area contributed by atoms with Crippen LogP contribution in [0.5, 0.6) is 0 Å². The molecule has 0 aliphatic heterocycles. The van der Waals surface area contributed by atoms with Crippen LogP contribution >= 0.6 is 23.2 Å². The highest BCUT2D eigenvalue weighted by Gasteiger charge is 2.09. The van der Waals surface area contributed by atoms with Crippen molar-refractivity contribution in [2.75, 3.05) is 0 Å². The van der Waals surface area contributed by atoms with Gasteiger partial charge in [0.25, 0.3) is 0 Å². The molecule has 1 N–H and O–H groups in total. The van der Waals surface area contributed by atoms with Crippen molar-refractivity contribution in [2.24, 2.45) is 0 Å². The Bertz CT molecular complexity index is 582. The van der Waals surface area contributed by atoms with E-state index in [4.69, 9.17) is 23.2 Å². The van der Waals surface area contributed by atoms with Gasteiger partial charge in [0.2, 0.25) is 0 Å². The van der Waals surface area contributed by atoms with Gasteiger partial charge in [0.15, 0.2) is 0 Å². The van der Waals surface area contributed by atoms with E-state index >= 15 is 0 Å². The van der Waals surface area contributed by atoms with Gasteiger partial charge in [-0.15, -0.1) is 0 Å². The largest absolute Gasteiger partial charge is 0.350 e. The van der Waals surface area contributed by atoms with Gasteiger partial charge in [0, 0.05) is 31.0 Å². The monoisotopic (exact) mass is 310 g/mol. The van der Waals surface area contributed by atoms with E-state index < -0.39 is 0 Å². The lowest BCUT2D eigenvalue weighted by Gasteiger charge is -2.19. The van der Waals surface area contributed by atoms with Gasteiger partial charge in [-0.05, 0) is 44.0 Å². The molecule has 0 aliphatic carbocycles. The minimum absolute atomic E-state index is 0.123. The molecule has 0 atom stereocenters. The predicted octanol–water partition coefficient (Wildman–Crippen LogP) is 4.73. The van der Waals surface area contributed by atoms with Crippen LogP contribution in [0, 0.1) is 0 Å². The van der Waals surface area contributed by atoms with Crippen molar-refractivity contribution in [1.82, 2.24) is 9.88 Å². The van der Waals surface area contributed by atoms with Gasteiger partial charge < -0.3 is 9.88 Å². The molecule has 4 heteroatoms. The van der Waals surface area contributed by atoms with Crippen LogP contribution in [0.3, 0.4) is 0 Å². The second-order valence-corrected chi connectivity index (χ2v) is 6.79. The zero-order valence-corrected chi connectivity index (χ0v) is 13.6. The molecule has 20 heavy (non-hydrogen) atoms. The van der Waals surface area contributed by atoms with Gasteiger partial charge in [-0.25, -0.2) is 0 Å². The molecular weight excluding hydrogens is 291 g/mol. The van der Waals surface area contributed by atoms with E-state index in [2.05, 4.69) is 49.1 Å². The van der Waals surface area contributed by atoms with Gasteiger partial charge >= 0.3 is 0 Å². The molecule has 0 bridgehead atoms. The Hall–Kier alpha value is -0.960. The van der Waals surface area contributed by atoms with E-state index in [0.717, 1.165) is 18.7 Å². The van der Waals surface area contributed by atoms with Crippen LogP contribution < -0.4 is 5.32 Å². The SMILES string of the molecule is CC(C)(C)NCc1ccn(Cc2cccc(Cl)c2Cl)c1. The van der Waals surface area contributed by atoms with Crippen LogP contribution in [0.25, 0.3) is 0 Å². The normalized spacial score (nSPS) is 11.8. The van der Waals surface area contributed by atoms with Crippen LogP contribution in [-0.2, 0) is 13.1 Å². The Morgan fingerprint density at radius 1 is 1.15 bits per heavy atom. The van der Waals surface area contributed by atoms with Crippen molar-refractivity contribution in [2.45, 2.75) is 39.4 Å². The zero-order valence-electron chi connectivity index (χ0n) is 12.1. The van der Waals surface area contributed by atoms with E-state index in [1.54, 1.807) is 0 Å². The standard InChI is InChI=1S/C16H20Cl2N2/c1-16(2,3)19-9-12-7-8-20(10-12)11-13-5-4-6-14(17)15(13)18/h4-8,10,19H,9,11H2,1-3H3. The lowest BCUT2D eigenvalue weighted by molar-refractivity contribution is 0.424. The Labute approximate surface area is 130 Å². The first kappa shape index (κ1) is 15.4. The Morgan fingerprint density at radius 2 is 1.90 bits per heavy atom. The third-order valence-corrected chi connectivity index (χ3v) is 3.88. The number of halogens is 2. The number of hydrogen-bond acceptors (Lipinski definition) is 1. The molecule has 108 valence electrons. The molecule has 0 unspecified atom stereocenters. The first-order valence-electron chi connectivity index (χ1n) is 6.68. The maximum Gasteiger partial charge on any atom is 0.0642 e. The van der Waals surface area contributed by atoms with Crippen LogP contribution in [0.4, 0.5) is 0 Å². The number of nitrogens with zero attached hydrogens (tertiary/aromatic N) is 1. The Morgan fingerprint density at radius 3 is 2.60 bits per heavy atom. The van der Waals surface area contributed by atoms with Crippen molar-refractivity contribution in [1.29, 1.82) is 0 Å². The summed E-state index contributed by atoms with van der Waals surface area (Å²) in [4.78, 5) is 0. The molecule has 1 aromatic heterocycles. The maximum absolute atomic E-state index is 6.21. The summed E-state index contributed by atoms with van der Waals surface area (Å²) in [5.41, 5.74) is 2.42. The van der Waals surface area contributed by atoms with E-state index in [1.807, 2.05) is 18.2 Å². The third kappa shape index (κ3) is 4.27. The van der Waals surface area contributed by atoms with E-state index in [0.29, 0.717) is 10.0 Å². The fourth-order valence-electron chi connectivity index (χ4n) is 1.93. The van der Waals surface area contributed by atoms with E-state index in [-0.39, 0.29) is 5.54 Å². The molecule has 0 fully saturated rings. The quantitative estimate of drug-likeness (QED) is 0.863. The van der Waals surface area contributed by atoms with Crippen LogP contribution in [-0.4, -0.2) is 10.1 Å². The minimum atomic E-state index is 0.123. The molecule has 1 aromatic carbocycles. The number of rotatable bonds is 4. The highest BCUT2D eigenvalue weighted by Crippen LogP contribution is 2.26. The van der Waals surface area contributed by atoms with Gasteiger partial charge in [0.05, 0.1) is 10.0 Å². The first-order chi connectivity index (χ1) is 9.35. The van der Waals surface area contributed by atoms with Crippen molar-refractivity contribution >= 4 is 23.2 Å². The smallest absolute Gasteiger partial charge is 0.0642 e. The summed E-state index contributed by atoms with van der Waals surface area (Å²) in [5, 5.41) is 4.71. The van der Waals surface area contributed by atoms with Crippen molar-refractivity contribution in [3.05, 3.63) is 57.8 Å². The molecule has 0 aliphatic rings. The Kier molecular flexibility index (Phi) is 4.79. The highest BCUT2D eigenvalue weighted by atomic mass is 35.5. The number of nitrogens with one attached hydrogen (secondary N) is 1. The lowest BCUT2D eigenvalue weighted by atomic mass is 10.1. The number of hydrogen-bond donors (Lipinski definition) is 1. The summed E-state index contributed by atoms with van der Waals surface area (Å²) < 4.78 is 2.12. The molecule has 0 saturated heterocycles. The van der Waals surface area contributed by atoms with E-state index in [1.165, 1.54) is 5.56 Å². The summed E-state index contributed by atoms with van der Waals surface area (Å²) in [6, 6.07) is 7.86. The van der Waals surface area contributed by atoms with Crippen LogP contribution in [0.2, 0.25) is 10.0 Å². The zero-order chi connectivity index (χ0) is 14.8. The lowest BCUT2D eigenvalue weighted by Crippen LogP contribution is -2.34. The summed E-state index contributed by atoms with van der Waals surface area (Å²) in [6.45, 7) is 8.08. The summed E-state index contributed by atoms with van der Waals surface area (Å²) in [6.07, 6.45) is 4.20. The summed E-state index contributed by atoms with van der Waals surface area (Å²) >= 11 is 12.2. The molecule has 0 amide bonds. The van der Waals surface area contributed by atoms with E-state index in [9.17, 15) is 0 Å². The molecule has 2 nitrogen and oxygen atoms in total. The van der Waals surface area contributed by atoms with Crippen molar-refractivity contribution in [3.8, 4) is 0 Å². The third-order valence-electron chi connectivity index (χ3n) is 3.02. The van der Waals surface area contributed by atoms with Gasteiger partial charge in [-0.2, -0.15) is 0 Å². The fraction of sp³-hybridized carbons (Fsp3) is 0.375. The molecule has 0 saturated carbocycles. The maximum atomic E-state index is 6.21. The fourth-order valence-corrected chi connectivity index (χ4v) is 2.31. The van der Waals surface area contributed by atoms with Crippen LogP contribution in [0.1, 0.15) is 31.9 Å². The molecular formula is C16H20Cl2N2. The van der Waals surface area contributed by atoms with Crippen molar-refractivity contribution in [3.63, 3.8) is 0 Å². The van der Waals surface area contributed by atoms with Gasteiger partial charge in [-0.1, -0.05) is 35.3 Å². The first-order valence-corrected chi connectivity index (χ1v) is 7.43. The molecule has 0 spiro atoms. The second-order valence-electron chi connectivity index (χ2n) is 6.01. The average molecular weight is 311 g/mol. The predicted molar refractivity (Wildman–Crippen MR) is 86.6 cm³/mol. The summed E-state index contributed by atoms with van der Waals surface area (Å²) in [7, 11) is 0. The molecule has 2 rings (SSSR count). The minimum Gasteiger partial charge on any atom is -0.350 e. The second kappa shape index (κ2) is 6.21. The topological polar surface area (TPSA) is 17.0 Å². The van der Waals surface area contributed by atoms with Crippen LogP contribution in [0.15, 0.2) is 36.7 Å². The number of aromatic nitrogens is 1. The highest BCUT2D eigenvalue weighted by molar-refractivity contribution is 6.42. The molecule has 2 aromatic rings. The Balaban J connectivity index is 2.04. The van der Waals surface area contributed by atoms with Gasteiger partial charge in [-0.3, -0.25) is 0 Å².